The maximum atomic E-state index is 12.0. The summed E-state index contributed by atoms with van der Waals surface area (Å²) in [7, 11) is -3.49. The molecule has 0 unspecified atom stereocenters. The number of hydrogen-bond acceptors (Lipinski definition) is 6. The van der Waals surface area contributed by atoms with E-state index in [4.69, 9.17) is 5.73 Å². The number of nitrogens with one attached hydrogen (secondary N) is 2. The van der Waals surface area contributed by atoms with E-state index in [1.807, 2.05) is 0 Å². The number of amides is 1. The largest absolute Gasteiger partial charge is 0.384 e. The van der Waals surface area contributed by atoms with Crippen molar-refractivity contribution < 1.29 is 13.2 Å². The summed E-state index contributed by atoms with van der Waals surface area (Å²) >= 11 is 0. The maximum Gasteiger partial charge on any atom is 0.263 e. The predicted octanol–water partition coefficient (Wildman–Crippen LogP) is 2.32. The quantitative estimate of drug-likeness (QED) is 0.589. The van der Waals surface area contributed by atoms with Gasteiger partial charge in [-0.15, -0.1) is 12.4 Å². The molecule has 0 spiro atoms. The molecule has 28 heavy (non-hydrogen) atoms. The molecule has 150 valence electrons. The van der Waals surface area contributed by atoms with E-state index in [0.717, 1.165) is 19.3 Å². The number of sulfonamides is 1. The molecule has 0 saturated carbocycles. The van der Waals surface area contributed by atoms with Crippen LogP contribution < -0.4 is 15.8 Å². The molecule has 8 nitrogen and oxygen atoms in total. The van der Waals surface area contributed by atoms with Crippen LogP contribution in [0.15, 0.2) is 52.5 Å². The fourth-order valence-corrected chi connectivity index (χ4v) is 3.97. The summed E-state index contributed by atoms with van der Waals surface area (Å²) in [5.41, 5.74) is 6.72. The van der Waals surface area contributed by atoms with Crippen LogP contribution in [-0.2, 0) is 14.8 Å². The SMILES string of the molecule is Cl.Nc1ccc(NC(=O)CCCCCN=C2NS(=O)(=O)c3ccccc32)cn1. The predicted molar refractivity (Wildman–Crippen MR) is 111 cm³/mol. The topological polar surface area (TPSA) is 127 Å². The lowest BCUT2D eigenvalue weighted by Gasteiger charge is -2.05. The summed E-state index contributed by atoms with van der Waals surface area (Å²) in [4.78, 5) is 20.4. The number of carbonyl (C=O) groups excluding carboxylic acids is 1. The summed E-state index contributed by atoms with van der Waals surface area (Å²) in [5.74, 6) is 0.714. The molecule has 1 aromatic heterocycles. The second-order valence-electron chi connectivity index (χ2n) is 6.16. The van der Waals surface area contributed by atoms with Crippen molar-refractivity contribution in [3.05, 3.63) is 48.2 Å². The van der Waals surface area contributed by atoms with Gasteiger partial charge in [0.25, 0.3) is 10.0 Å². The summed E-state index contributed by atoms with van der Waals surface area (Å²) in [6, 6.07) is 10.1. The molecular weight excluding hydrogens is 402 g/mol. The van der Waals surface area contributed by atoms with Crippen LogP contribution in [0.1, 0.15) is 31.2 Å². The normalized spacial score (nSPS) is 15.4. The molecule has 2 heterocycles. The van der Waals surface area contributed by atoms with Crippen molar-refractivity contribution >= 4 is 45.7 Å². The van der Waals surface area contributed by atoms with Gasteiger partial charge in [0, 0.05) is 18.5 Å². The van der Waals surface area contributed by atoms with Gasteiger partial charge < -0.3 is 11.1 Å². The summed E-state index contributed by atoms with van der Waals surface area (Å²) in [5, 5.41) is 2.76. The Labute approximate surface area is 170 Å². The van der Waals surface area contributed by atoms with E-state index in [1.54, 1.807) is 36.4 Å². The van der Waals surface area contributed by atoms with Gasteiger partial charge >= 0.3 is 0 Å². The Morgan fingerprint density at radius 1 is 1.14 bits per heavy atom. The van der Waals surface area contributed by atoms with Gasteiger partial charge in [-0.25, -0.2) is 13.4 Å². The number of fused-ring (bicyclic) bond motifs is 1. The lowest BCUT2D eigenvalue weighted by atomic mass is 10.2. The molecular formula is C18H22ClN5O3S. The van der Waals surface area contributed by atoms with Gasteiger partial charge in [0.2, 0.25) is 5.91 Å². The molecule has 1 amide bonds. The minimum absolute atomic E-state index is 0. The molecule has 1 aliphatic heterocycles. The second kappa shape index (κ2) is 9.52. The molecule has 2 aromatic rings. The second-order valence-corrected chi connectivity index (χ2v) is 7.81. The molecule has 0 aliphatic carbocycles. The van der Waals surface area contributed by atoms with Crippen LogP contribution in [0.25, 0.3) is 0 Å². The van der Waals surface area contributed by atoms with Crippen molar-refractivity contribution in [3.8, 4) is 0 Å². The number of nitrogens with zero attached hydrogens (tertiary/aromatic N) is 2. The van der Waals surface area contributed by atoms with Crippen LogP contribution in [0.2, 0.25) is 0 Å². The lowest BCUT2D eigenvalue weighted by molar-refractivity contribution is -0.116. The van der Waals surface area contributed by atoms with Gasteiger partial charge in [0.15, 0.2) is 0 Å². The van der Waals surface area contributed by atoms with Gasteiger partial charge in [-0.1, -0.05) is 18.6 Å². The molecule has 0 atom stereocenters. The highest BCUT2D eigenvalue weighted by Gasteiger charge is 2.29. The van der Waals surface area contributed by atoms with Gasteiger partial charge in [-0.3, -0.25) is 14.5 Å². The van der Waals surface area contributed by atoms with E-state index >= 15 is 0 Å². The number of unbranched alkanes of at least 4 members (excludes halogenated alkanes) is 2. The Morgan fingerprint density at radius 3 is 2.68 bits per heavy atom. The Kier molecular flexibility index (Phi) is 7.36. The van der Waals surface area contributed by atoms with Crippen molar-refractivity contribution in [2.24, 2.45) is 4.99 Å². The van der Waals surface area contributed by atoms with Crippen molar-refractivity contribution in [2.45, 2.75) is 30.6 Å². The minimum atomic E-state index is -3.49. The number of rotatable bonds is 7. The Hall–Kier alpha value is -2.65. The average molecular weight is 424 g/mol. The van der Waals surface area contributed by atoms with Gasteiger partial charge in [0.1, 0.15) is 11.7 Å². The zero-order valence-electron chi connectivity index (χ0n) is 15.1. The van der Waals surface area contributed by atoms with Gasteiger partial charge in [0.05, 0.1) is 16.8 Å². The molecule has 0 fully saturated rings. The summed E-state index contributed by atoms with van der Waals surface area (Å²) in [6.07, 6.45) is 4.23. The Balaban J connectivity index is 0.00000280. The van der Waals surface area contributed by atoms with Crippen LogP contribution >= 0.6 is 12.4 Å². The molecule has 1 aromatic carbocycles. The third-order valence-electron chi connectivity index (χ3n) is 4.06. The molecule has 0 bridgehead atoms. The average Bonchev–Trinajstić information content (AvgIpc) is 2.91. The Bertz CT molecular complexity index is 961. The fourth-order valence-electron chi connectivity index (χ4n) is 2.72. The van der Waals surface area contributed by atoms with E-state index in [1.165, 1.54) is 6.20 Å². The molecule has 0 saturated heterocycles. The highest BCUT2D eigenvalue weighted by Crippen LogP contribution is 2.22. The van der Waals surface area contributed by atoms with Crippen molar-refractivity contribution in [2.75, 3.05) is 17.6 Å². The molecule has 4 N–H and O–H groups in total. The Morgan fingerprint density at radius 2 is 1.93 bits per heavy atom. The van der Waals surface area contributed by atoms with Crippen LogP contribution in [0.3, 0.4) is 0 Å². The highest BCUT2D eigenvalue weighted by molar-refractivity contribution is 7.90. The van der Waals surface area contributed by atoms with Crippen LogP contribution in [0.4, 0.5) is 11.5 Å². The number of anilines is 2. The monoisotopic (exact) mass is 423 g/mol. The van der Waals surface area contributed by atoms with E-state index in [0.29, 0.717) is 35.9 Å². The number of nitrogen functional groups attached to an aromatic ring is 1. The summed E-state index contributed by atoms with van der Waals surface area (Å²) < 4.78 is 26.5. The van der Waals surface area contributed by atoms with E-state index in [9.17, 15) is 13.2 Å². The van der Waals surface area contributed by atoms with Gasteiger partial charge in [-0.05, 0) is 37.1 Å². The van der Waals surface area contributed by atoms with E-state index in [-0.39, 0.29) is 23.2 Å². The van der Waals surface area contributed by atoms with Crippen molar-refractivity contribution in [1.29, 1.82) is 0 Å². The number of aliphatic imine (C=N–C) groups is 1. The van der Waals surface area contributed by atoms with E-state index in [2.05, 4.69) is 20.0 Å². The summed E-state index contributed by atoms with van der Waals surface area (Å²) in [6.45, 7) is 0.496. The first-order chi connectivity index (χ1) is 13.0. The molecule has 10 heteroatoms. The lowest BCUT2D eigenvalue weighted by Crippen LogP contribution is -2.22. The van der Waals surface area contributed by atoms with Gasteiger partial charge in [-0.2, -0.15) is 0 Å². The van der Waals surface area contributed by atoms with Crippen LogP contribution in [0.5, 0.6) is 0 Å². The maximum absolute atomic E-state index is 12.0. The fraction of sp³-hybridized carbons (Fsp3) is 0.278. The van der Waals surface area contributed by atoms with Crippen molar-refractivity contribution in [3.63, 3.8) is 0 Å². The third-order valence-corrected chi connectivity index (χ3v) is 5.46. The van der Waals surface area contributed by atoms with E-state index < -0.39 is 10.0 Å². The number of carbonyl (C=O) groups is 1. The number of aromatic nitrogens is 1. The molecule has 1 aliphatic rings. The number of hydrogen-bond donors (Lipinski definition) is 3. The van der Waals surface area contributed by atoms with Crippen molar-refractivity contribution in [1.82, 2.24) is 9.71 Å². The minimum Gasteiger partial charge on any atom is -0.384 e. The third kappa shape index (κ3) is 5.43. The first-order valence-corrected chi connectivity index (χ1v) is 10.1. The zero-order chi connectivity index (χ0) is 19.3. The molecule has 3 rings (SSSR count). The number of pyridine rings is 1. The number of amidine groups is 1. The van der Waals surface area contributed by atoms with Crippen LogP contribution in [0, 0.1) is 0 Å². The standard InChI is InChI=1S/C18H21N5O3S.ClH/c19-16-10-9-13(12-21-16)22-17(24)8-2-1-5-11-20-18-14-6-3-4-7-15(14)27(25,26)23-18;/h3-4,6-7,9-10,12H,1-2,5,8,11H2,(H2,19,21)(H,20,23)(H,22,24);1H. The van der Waals surface area contributed by atoms with Crippen LogP contribution in [-0.4, -0.2) is 31.7 Å². The zero-order valence-corrected chi connectivity index (χ0v) is 16.7. The first-order valence-electron chi connectivity index (χ1n) is 8.64. The smallest absolute Gasteiger partial charge is 0.263 e. The molecule has 0 radical (unpaired) electrons. The highest BCUT2D eigenvalue weighted by atomic mass is 35.5. The number of halogens is 1. The number of benzene rings is 1. The number of nitrogens with two attached hydrogens (primary N) is 1. The first kappa shape index (κ1) is 21.6.